The van der Waals surface area contributed by atoms with Crippen LogP contribution in [0.15, 0.2) is 0 Å². The highest BCUT2D eigenvalue weighted by Gasteiger charge is 2.46. The van der Waals surface area contributed by atoms with Gasteiger partial charge < -0.3 is 10.2 Å². The highest BCUT2D eigenvalue weighted by Crippen LogP contribution is 2.35. The highest BCUT2D eigenvalue weighted by molar-refractivity contribution is 5.88. The van der Waals surface area contributed by atoms with Crippen LogP contribution in [0.3, 0.4) is 0 Å². The maximum Gasteiger partial charge on any atom is 0.243 e. The van der Waals surface area contributed by atoms with E-state index < -0.39 is 10.8 Å². The smallest absolute Gasteiger partial charge is 0.243 e. The zero-order valence-electron chi connectivity index (χ0n) is 12.2. The molecule has 1 rings (SSSR count). The van der Waals surface area contributed by atoms with Gasteiger partial charge in [-0.25, -0.2) is 0 Å². The number of nitriles is 1. The van der Waals surface area contributed by atoms with Crippen molar-refractivity contribution in [2.24, 2.45) is 10.8 Å². The third-order valence-corrected chi connectivity index (χ3v) is 4.37. The molecule has 1 N–H and O–H groups in total. The predicted octanol–water partition coefficient (Wildman–Crippen LogP) is 1.30. The Balaban J connectivity index is 2.88. The fourth-order valence-electron chi connectivity index (χ4n) is 2.68. The summed E-state index contributed by atoms with van der Waals surface area (Å²) in [7, 11) is 1.61. The number of likely N-dealkylation sites (tertiary alicyclic amines) is 1. The van der Waals surface area contributed by atoms with Crippen LogP contribution in [-0.4, -0.2) is 36.9 Å². The van der Waals surface area contributed by atoms with Crippen LogP contribution in [0.5, 0.6) is 0 Å². The van der Waals surface area contributed by atoms with Crippen LogP contribution in [-0.2, 0) is 9.59 Å². The van der Waals surface area contributed by atoms with E-state index in [0.717, 1.165) is 0 Å². The van der Waals surface area contributed by atoms with Gasteiger partial charge in [-0.2, -0.15) is 5.26 Å². The summed E-state index contributed by atoms with van der Waals surface area (Å²) in [6, 6.07) is 2.17. The Morgan fingerprint density at radius 3 is 2.42 bits per heavy atom. The summed E-state index contributed by atoms with van der Waals surface area (Å²) in [6.07, 6.45) is 1.66. The second-order valence-electron chi connectivity index (χ2n) is 5.52. The Labute approximate surface area is 115 Å². The van der Waals surface area contributed by atoms with Gasteiger partial charge >= 0.3 is 0 Å². The quantitative estimate of drug-likeness (QED) is 0.832. The van der Waals surface area contributed by atoms with Crippen molar-refractivity contribution in [3.05, 3.63) is 0 Å². The molecule has 1 unspecified atom stereocenters. The minimum Gasteiger partial charge on any atom is -0.359 e. The molecule has 0 aliphatic carbocycles. The lowest BCUT2D eigenvalue weighted by molar-refractivity contribution is -0.139. The van der Waals surface area contributed by atoms with E-state index in [1.165, 1.54) is 0 Å². The monoisotopic (exact) mass is 265 g/mol. The van der Waals surface area contributed by atoms with E-state index in [1.807, 2.05) is 20.8 Å². The van der Waals surface area contributed by atoms with Crippen molar-refractivity contribution < 1.29 is 9.59 Å². The van der Waals surface area contributed by atoms with Crippen molar-refractivity contribution in [1.29, 1.82) is 5.26 Å². The van der Waals surface area contributed by atoms with E-state index in [0.29, 0.717) is 32.4 Å². The number of amides is 2. The topological polar surface area (TPSA) is 73.2 Å². The average Bonchev–Trinajstić information content (AvgIpc) is 2.84. The van der Waals surface area contributed by atoms with Crippen LogP contribution in [0.4, 0.5) is 0 Å². The lowest BCUT2D eigenvalue weighted by Gasteiger charge is -2.29. The summed E-state index contributed by atoms with van der Waals surface area (Å²) in [4.78, 5) is 26.1. The molecule has 19 heavy (non-hydrogen) atoms. The summed E-state index contributed by atoms with van der Waals surface area (Å²) >= 11 is 0. The van der Waals surface area contributed by atoms with Gasteiger partial charge in [0.15, 0.2) is 0 Å². The molecule has 0 radical (unpaired) electrons. The SMILES string of the molecule is CCC(C#N)(CC)C(=O)N1CCC(C)(C(=O)NC)C1. The van der Waals surface area contributed by atoms with Gasteiger partial charge in [0.1, 0.15) is 5.41 Å². The van der Waals surface area contributed by atoms with Crippen LogP contribution < -0.4 is 5.32 Å². The van der Waals surface area contributed by atoms with E-state index in [-0.39, 0.29) is 11.8 Å². The molecule has 1 aliphatic rings. The third kappa shape index (κ3) is 2.58. The zero-order chi connectivity index (χ0) is 14.7. The Morgan fingerprint density at radius 2 is 2.00 bits per heavy atom. The normalized spacial score (nSPS) is 23.0. The van der Waals surface area contributed by atoms with Gasteiger partial charge in [-0.15, -0.1) is 0 Å². The molecule has 1 fully saturated rings. The first kappa shape index (κ1) is 15.5. The van der Waals surface area contributed by atoms with Crippen LogP contribution >= 0.6 is 0 Å². The molecule has 1 aliphatic heterocycles. The van der Waals surface area contributed by atoms with Gasteiger partial charge in [0.05, 0.1) is 11.5 Å². The number of hydrogen-bond acceptors (Lipinski definition) is 3. The Bertz CT molecular complexity index is 409. The van der Waals surface area contributed by atoms with Crippen molar-refractivity contribution in [3.8, 4) is 6.07 Å². The van der Waals surface area contributed by atoms with Crippen molar-refractivity contribution in [2.75, 3.05) is 20.1 Å². The zero-order valence-corrected chi connectivity index (χ0v) is 12.2. The van der Waals surface area contributed by atoms with Crippen molar-refractivity contribution in [3.63, 3.8) is 0 Å². The second-order valence-corrected chi connectivity index (χ2v) is 5.52. The molecule has 1 heterocycles. The van der Waals surface area contributed by atoms with Gasteiger partial charge in [-0.1, -0.05) is 13.8 Å². The fraction of sp³-hybridized carbons (Fsp3) is 0.786. The first-order valence-corrected chi connectivity index (χ1v) is 6.82. The summed E-state index contributed by atoms with van der Waals surface area (Å²) < 4.78 is 0. The maximum absolute atomic E-state index is 12.5. The van der Waals surface area contributed by atoms with Crippen molar-refractivity contribution in [2.45, 2.75) is 40.0 Å². The molecule has 106 valence electrons. The van der Waals surface area contributed by atoms with E-state index >= 15 is 0 Å². The summed E-state index contributed by atoms with van der Waals surface area (Å²) in [6.45, 7) is 6.53. The summed E-state index contributed by atoms with van der Waals surface area (Å²) in [5, 5.41) is 12.0. The standard InChI is InChI=1S/C14H23N3O2/c1-5-14(6-2,9-15)12(19)17-8-7-13(3,10-17)11(18)16-4/h5-8,10H2,1-4H3,(H,16,18). The van der Waals surface area contributed by atoms with Gasteiger partial charge in [0.25, 0.3) is 0 Å². The predicted molar refractivity (Wildman–Crippen MR) is 72.0 cm³/mol. The van der Waals surface area contributed by atoms with E-state index in [1.54, 1.807) is 11.9 Å². The third-order valence-electron chi connectivity index (χ3n) is 4.37. The van der Waals surface area contributed by atoms with Gasteiger partial charge in [-0.05, 0) is 26.2 Å². The number of hydrogen-bond donors (Lipinski definition) is 1. The van der Waals surface area contributed by atoms with Gasteiger partial charge in [0.2, 0.25) is 11.8 Å². The van der Waals surface area contributed by atoms with E-state index in [9.17, 15) is 14.9 Å². The number of carbonyl (C=O) groups excluding carboxylic acids is 2. The Hall–Kier alpha value is -1.57. The second kappa shape index (κ2) is 5.60. The summed E-state index contributed by atoms with van der Waals surface area (Å²) in [5.41, 5.74) is -1.47. The molecule has 5 nitrogen and oxygen atoms in total. The molecule has 0 bridgehead atoms. The number of nitrogens with one attached hydrogen (secondary N) is 1. The maximum atomic E-state index is 12.5. The van der Waals surface area contributed by atoms with E-state index in [4.69, 9.17) is 0 Å². The number of rotatable bonds is 4. The Kier molecular flexibility index (Phi) is 4.56. The van der Waals surface area contributed by atoms with Crippen LogP contribution in [0.25, 0.3) is 0 Å². The molecule has 1 atom stereocenters. The molecular formula is C14H23N3O2. The lowest BCUT2D eigenvalue weighted by atomic mass is 9.82. The molecule has 0 saturated carbocycles. The fourth-order valence-corrected chi connectivity index (χ4v) is 2.68. The first-order chi connectivity index (χ1) is 8.89. The Morgan fingerprint density at radius 1 is 1.42 bits per heavy atom. The van der Waals surface area contributed by atoms with Crippen LogP contribution in [0, 0.1) is 22.2 Å². The van der Waals surface area contributed by atoms with Crippen molar-refractivity contribution >= 4 is 11.8 Å². The molecule has 0 aromatic rings. The first-order valence-electron chi connectivity index (χ1n) is 6.82. The van der Waals surface area contributed by atoms with Gasteiger partial charge in [0, 0.05) is 20.1 Å². The average molecular weight is 265 g/mol. The highest BCUT2D eigenvalue weighted by atomic mass is 16.2. The molecule has 0 aromatic heterocycles. The molecule has 0 aromatic carbocycles. The molecule has 0 spiro atoms. The molecule has 1 saturated heterocycles. The number of nitrogens with zero attached hydrogens (tertiary/aromatic N) is 2. The van der Waals surface area contributed by atoms with Gasteiger partial charge in [-0.3, -0.25) is 9.59 Å². The minimum absolute atomic E-state index is 0.0432. The van der Waals surface area contributed by atoms with Crippen molar-refractivity contribution in [1.82, 2.24) is 10.2 Å². The largest absolute Gasteiger partial charge is 0.359 e. The number of carbonyl (C=O) groups is 2. The molecule has 2 amide bonds. The molecular weight excluding hydrogens is 242 g/mol. The lowest BCUT2D eigenvalue weighted by Crippen LogP contribution is -2.45. The van der Waals surface area contributed by atoms with Crippen LogP contribution in [0.2, 0.25) is 0 Å². The van der Waals surface area contributed by atoms with E-state index in [2.05, 4.69) is 11.4 Å². The van der Waals surface area contributed by atoms with Crippen LogP contribution in [0.1, 0.15) is 40.0 Å². The summed E-state index contributed by atoms with van der Waals surface area (Å²) in [5.74, 6) is -0.175. The molecule has 5 heteroatoms. The minimum atomic E-state index is -0.937.